The van der Waals surface area contributed by atoms with Gasteiger partial charge in [0.15, 0.2) is 0 Å². The molecule has 3 heterocycles. The predicted molar refractivity (Wildman–Crippen MR) is 93.9 cm³/mol. The highest BCUT2D eigenvalue weighted by Crippen LogP contribution is 2.17. The summed E-state index contributed by atoms with van der Waals surface area (Å²) in [5.41, 5.74) is 3.26. The molecule has 0 aromatic carbocycles. The molecule has 1 amide bonds. The Morgan fingerprint density at radius 1 is 1.50 bits per heavy atom. The fraction of sp³-hybridized carbons (Fsp3) is 0.294. The molecule has 3 aromatic heterocycles. The number of thiophene rings is 1. The third kappa shape index (κ3) is 3.74. The van der Waals surface area contributed by atoms with Gasteiger partial charge in [-0.15, -0.1) is 0 Å². The van der Waals surface area contributed by atoms with Crippen LogP contribution in [0.3, 0.4) is 0 Å². The molecule has 0 saturated carbocycles. The smallest absolute Gasteiger partial charge is 0.269 e. The molecule has 0 bridgehead atoms. The number of H-pyrrole nitrogens is 1. The summed E-state index contributed by atoms with van der Waals surface area (Å²) in [5, 5.41) is 23.4. The van der Waals surface area contributed by atoms with Crippen molar-refractivity contribution in [2.24, 2.45) is 13.0 Å². The summed E-state index contributed by atoms with van der Waals surface area (Å²) in [5.74, 6) is -0.217. The highest BCUT2D eigenvalue weighted by atomic mass is 32.1. The molecule has 3 aromatic rings. The highest BCUT2D eigenvalue weighted by molar-refractivity contribution is 7.07. The van der Waals surface area contributed by atoms with E-state index < -0.39 is 0 Å². The van der Waals surface area contributed by atoms with Crippen molar-refractivity contribution in [2.75, 3.05) is 13.2 Å². The number of aryl methyl sites for hydroxylation is 1. The summed E-state index contributed by atoms with van der Waals surface area (Å²) in [6.45, 7) is 0.456. The number of nitrogens with zero attached hydrogens (tertiary/aromatic N) is 2. The maximum absolute atomic E-state index is 12.3. The quantitative estimate of drug-likeness (QED) is 0.613. The van der Waals surface area contributed by atoms with Crippen molar-refractivity contribution in [1.29, 1.82) is 0 Å². The van der Waals surface area contributed by atoms with Crippen LogP contribution in [0, 0.1) is 5.92 Å². The van der Waals surface area contributed by atoms with E-state index in [1.165, 1.54) is 5.56 Å². The number of hydrogen-bond acceptors (Lipinski definition) is 4. The summed E-state index contributed by atoms with van der Waals surface area (Å²) in [6.07, 6.45) is 2.68. The van der Waals surface area contributed by atoms with Crippen LogP contribution < -0.4 is 5.32 Å². The zero-order valence-corrected chi connectivity index (χ0v) is 14.2. The minimum atomic E-state index is -0.216. The first-order chi connectivity index (χ1) is 11.7. The average Bonchev–Trinajstić information content (AvgIpc) is 3.32. The van der Waals surface area contributed by atoms with Gasteiger partial charge < -0.3 is 15.0 Å². The lowest BCUT2D eigenvalue weighted by molar-refractivity contribution is 0.0935. The maximum Gasteiger partial charge on any atom is 0.269 e. The minimum Gasteiger partial charge on any atom is -0.396 e. The van der Waals surface area contributed by atoms with E-state index in [4.69, 9.17) is 0 Å². The fourth-order valence-electron chi connectivity index (χ4n) is 2.57. The predicted octanol–water partition coefficient (Wildman–Crippen LogP) is 2.06. The summed E-state index contributed by atoms with van der Waals surface area (Å²) in [4.78, 5) is 12.3. The van der Waals surface area contributed by atoms with Crippen LogP contribution in [0.25, 0.3) is 11.4 Å². The van der Waals surface area contributed by atoms with E-state index in [9.17, 15) is 9.90 Å². The van der Waals surface area contributed by atoms with Crippen molar-refractivity contribution in [3.8, 4) is 11.4 Å². The lowest BCUT2D eigenvalue weighted by Crippen LogP contribution is -2.32. The lowest BCUT2D eigenvalue weighted by Gasteiger charge is -2.13. The van der Waals surface area contributed by atoms with Gasteiger partial charge in [0.2, 0.25) is 0 Å². The molecule has 7 heteroatoms. The summed E-state index contributed by atoms with van der Waals surface area (Å²) >= 11 is 1.63. The van der Waals surface area contributed by atoms with Crippen LogP contribution in [0.4, 0.5) is 0 Å². The Balaban J connectivity index is 1.59. The maximum atomic E-state index is 12.3. The summed E-state index contributed by atoms with van der Waals surface area (Å²) in [6, 6.07) is 7.65. The van der Waals surface area contributed by atoms with E-state index in [0.717, 1.165) is 17.8 Å². The van der Waals surface area contributed by atoms with Crippen LogP contribution in [0.1, 0.15) is 16.1 Å². The monoisotopic (exact) mass is 344 g/mol. The summed E-state index contributed by atoms with van der Waals surface area (Å²) < 4.78 is 1.94. The molecule has 0 aliphatic heterocycles. The Labute approximate surface area is 144 Å². The number of aliphatic hydroxyl groups is 1. The van der Waals surface area contributed by atoms with Crippen molar-refractivity contribution < 1.29 is 9.90 Å². The van der Waals surface area contributed by atoms with Crippen LogP contribution in [0.15, 0.2) is 41.2 Å². The van der Waals surface area contributed by atoms with Gasteiger partial charge in [-0.1, -0.05) is 0 Å². The highest BCUT2D eigenvalue weighted by Gasteiger charge is 2.15. The second kappa shape index (κ2) is 7.46. The van der Waals surface area contributed by atoms with Crippen molar-refractivity contribution in [3.05, 3.63) is 52.5 Å². The van der Waals surface area contributed by atoms with Crippen LogP contribution in [-0.2, 0) is 13.5 Å². The third-order valence-electron chi connectivity index (χ3n) is 3.94. The first kappa shape index (κ1) is 16.5. The second-order valence-electron chi connectivity index (χ2n) is 5.77. The molecule has 0 radical (unpaired) electrons. The van der Waals surface area contributed by atoms with Crippen molar-refractivity contribution in [3.63, 3.8) is 0 Å². The topological polar surface area (TPSA) is 82.9 Å². The Hall–Kier alpha value is -2.38. The molecule has 1 atom stereocenters. The van der Waals surface area contributed by atoms with Gasteiger partial charge in [-0.05, 0) is 47.0 Å². The molecule has 126 valence electrons. The molecule has 1 unspecified atom stereocenters. The van der Waals surface area contributed by atoms with Crippen molar-refractivity contribution >= 4 is 17.2 Å². The Morgan fingerprint density at radius 3 is 3.04 bits per heavy atom. The first-order valence-electron chi connectivity index (χ1n) is 7.74. The van der Waals surface area contributed by atoms with Gasteiger partial charge in [-0.2, -0.15) is 16.4 Å². The molecule has 6 nitrogen and oxygen atoms in total. The molecule has 0 saturated heterocycles. The second-order valence-corrected chi connectivity index (χ2v) is 6.55. The van der Waals surface area contributed by atoms with Gasteiger partial charge >= 0.3 is 0 Å². The van der Waals surface area contributed by atoms with Gasteiger partial charge in [0, 0.05) is 32.3 Å². The standard InChI is InChI=1S/C17H20N4O2S/c1-21-5-2-3-16(21)14-8-15(20-19-14)17(23)18-9-13(10-22)7-12-4-6-24-11-12/h2-6,8,11,13,22H,7,9-10H2,1H3,(H,18,23)(H,19,20). The zero-order chi connectivity index (χ0) is 16.9. The zero-order valence-electron chi connectivity index (χ0n) is 13.4. The van der Waals surface area contributed by atoms with Crippen LogP contribution in [0.2, 0.25) is 0 Å². The average molecular weight is 344 g/mol. The number of carbonyl (C=O) groups is 1. The van der Waals surface area contributed by atoms with E-state index in [2.05, 4.69) is 20.9 Å². The number of aromatic nitrogens is 3. The van der Waals surface area contributed by atoms with Crippen molar-refractivity contribution in [1.82, 2.24) is 20.1 Å². The Bertz CT molecular complexity index is 791. The largest absolute Gasteiger partial charge is 0.396 e. The fourth-order valence-corrected chi connectivity index (χ4v) is 3.25. The van der Waals surface area contributed by atoms with E-state index >= 15 is 0 Å². The van der Waals surface area contributed by atoms with Crippen LogP contribution in [0.5, 0.6) is 0 Å². The molecule has 0 spiro atoms. The minimum absolute atomic E-state index is 0.00110. The molecule has 24 heavy (non-hydrogen) atoms. The SMILES string of the molecule is Cn1cccc1-c1cc(C(=O)NCC(CO)Cc2ccsc2)[nH]n1. The molecule has 0 aliphatic rings. The van der Waals surface area contributed by atoms with E-state index in [0.29, 0.717) is 12.2 Å². The van der Waals surface area contributed by atoms with Crippen molar-refractivity contribution in [2.45, 2.75) is 6.42 Å². The summed E-state index contributed by atoms with van der Waals surface area (Å²) in [7, 11) is 1.93. The number of carbonyl (C=O) groups excluding carboxylic acids is 1. The van der Waals surface area contributed by atoms with Gasteiger partial charge in [-0.3, -0.25) is 9.89 Å². The van der Waals surface area contributed by atoms with Gasteiger partial charge in [0.1, 0.15) is 11.4 Å². The number of aliphatic hydroxyl groups excluding tert-OH is 1. The molecule has 0 fully saturated rings. The molecule has 3 N–H and O–H groups in total. The van der Waals surface area contributed by atoms with Gasteiger partial charge in [-0.25, -0.2) is 0 Å². The molecule has 0 aliphatic carbocycles. The van der Waals surface area contributed by atoms with E-state index in [1.54, 1.807) is 17.4 Å². The van der Waals surface area contributed by atoms with E-state index in [1.807, 2.05) is 41.4 Å². The molecular formula is C17H20N4O2S. The van der Waals surface area contributed by atoms with E-state index in [-0.39, 0.29) is 18.4 Å². The Kier molecular flexibility index (Phi) is 5.12. The normalized spacial score (nSPS) is 12.2. The number of aromatic amines is 1. The van der Waals surface area contributed by atoms with Crippen LogP contribution in [-0.4, -0.2) is 38.9 Å². The lowest BCUT2D eigenvalue weighted by atomic mass is 10.0. The van der Waals surface area contributed by atoms with Gasteiger partial charge in [0.05, 0.1) is 5.69 Å². The Morgan fingerprint density at radius 2 is 2.38 bits per heavy atom. The number of amides is 1. The molecular weight excluding hydrogens is 324 g/mol. The molecule has 3 rings (SSSR count). The number of rotatable bonds is 7. The van der Waals surface area contributed by atoms with Gasteiger partial charge in [0.25, 0.3) is 5.91 Å². The number of nitrogens with one attached hydrogen (secondary N) is 2. The first-order valence-corrected chi connectivity index (χ1v) is 8.69. The van der Waals surface area contributed by atoms with Crippen LogP contribution >= 0.6 is 11.3 Å². The number of hydrogen-bond donors (Lipinski definition) is 3. The third-order valence-corrected chi connectivity index (χ3v) is 4.67.